The Bertz CT molecular complexity index is 650. The van der Waals surface area contributed by atoms with Crippen molar-refractivity contribution in [3.05, 3.63) is 35.4 Å². The lowest BCUT2D eigenvalue weighted by atomic mass is 10.2. The van der Waals surface area contributed by atoms with Gasteiger partial charge in [0.1, 0.15) is 0 Å². The molecule has 0 fully saturated rings. The monoisotopic (exact) mass is 322 g/mol. The Kier molecular flexibility index (Phi) is 5.40. The summed E-state index contributed by atoms with van der Waals surface area (Å²) in [5.41, 5.74) is 6.79. The fraction of sp³-hybridized carbons (Fsp3) is 0.167. The summed E-state index contributed by atoms with van der Waals surface area (Å²) in [7, 11) is 0. The first kappa shape index (κ1) is 14.8. The zero-order valence-electron chi connectivity index (χ0n) is 10.3. The van der Waals surface area contributed by atoms with Crippen molar-refractivity contribution in [2.45, 2.75) is 14.4 Å². The molecule has 2 aromatic rings. The Morgan fingerprint density at radius 2 is 2.10 bits per heavy atom. The molecule has 102 valence electrons. The topological polar surface area (TPSA) is 92.7 Å². The zero-order valence-corrected chi connectivity index (χ0v) is 12.7. The van der Waals surface area contributed by atoms with Gasteiger partial charge in [0.15, 0.2) is 8.68 Å². The molecule has 0 aliphatic heterocycles. The van der Waals surface area contributed by atoms with Gasteiger partial charge in [-0.05, 0) is 17.7 Å². The summed E-state index contributed by atoms with van der Waals surface area (Å²) >= 11 is 4.28. The molecule has 0 bridgehead atoms. The van der Waals surface area contributed by atoms with Crippen molar-refractivity contribution in [2.75, 3.05) is 5.75 Å². The van der Waals surface area contributed by atoms with Crippen LogP contribution in [0.2, 0.25) is 0 Å². The molecular weight excluding hydrogens is 312 g/mol. The zero-order chi connectivity index (χ0) is 14.4. The van der Waals surface area contributed by atoms with Crippen LogP contribution in [0.1, 0.15) is 11.1 Å². The predicted octanol–water partition coefficient (Wildman–Crippen LogP) is 2.28. The van der Waals surface area contributed by atoms with Crippen LogP contribution in [-0.4, -0.2) is 21.9 Å². The van der Waals surface area contributed by atoms with E-state index in [0.29, 0.717) is 5.56 Å². The van der Waals surface area contributed by atoms with E-state index in [-0.39, 0.29) is 11.7 Å². The van der Waals surface area contributed by atoms with Crippen molar-refractivity contribution >= 4 is 40.8 Å². The van der Waals surface area contributed by atoms with Crippen LogP contribution in [0, 0.1) is 11.3 Å². The van der Waals surface area contributed by atoms with Crippen LogP contribution < -0.4 is 5.73 Å². The van der Waals surface area contributed by atoms with Gasteiger partial charge in [-0.1, -0.05) is 47.0 Å². The quantitative estimate of drug-likeness (QED) is 0.820. The van der Waals surface area contributed by atoms with E-state index in [4.69, 9.17) is 11.0 Å². The number of hydrogen-bond acceptors (Lipinski definition) is 7. The third kappa shape index (κ3) is 4.52. The predicted molar refractivity (Wildman–Crippen MR) is 80.5 cm³/mol. The van der Waals surface area contributed by atoms with E-state index >= 15 is 0 Å². The first-order valence-electron chi connectivity index (χ1n) is 5.54. The smallest absolute Gasteiger partial charge is 0.227 e. The molecule has 5 nitrogen and oxygen atoms in total. The molecule has 0 radical (unpaired) electrons. The van der Waals surface area contributed by atoms with E-state index in [0.717, 1.165) is 20.0 Å². The average molecular weight is 322 g/mol. The van der Waals surface area contributed by atoms with Gasteiger partial charge in [-0.2, -0.15) is 5.26 Å². The Hall–Kier alpha value is -1.56. The third-order valence-corrected chi connectivity index (χ3v) is 5.43. The summed E-state index contributed by atoms with van der Waals surface area (Å²) in [6.07, 6.45) is 0. The highest BCUT2D eigenvalue weighted by Gasteiger charge is 2.07. The van der Waals surface area contributed by atoms with Gasteiger partial charge in [0.2, 0.25) is 5.91 Å². The maximum atomic E-state index is 10.7. The number of nitrogens with zero attached hydrogens (tertiary/aromatic N) is 3. The van der Waals surface area contributed by atoms with Gasteiger partial charge in [0.05, 0.1) is 17.4 Å². The number of hydrogen-bond donors (Lipinski definition) is 1. The highest BCUT2D eigenvalue weighted by molar-refractivity contribution is 8.03. The molecule has 2 rings (SSSR count). The van der Waals surface area contributed by atoms with Crippen molar-refractivity contribution in [3.63, 3.8) is 0 Å². The van der Waals surface area contributed by atoms with Crippen molar-refractivity contribution in [3.8, 4) is 6.07 Å². The molecule has 2 N–H and O–H groups in total. The first-order valence-corrected chi connectivity index (χ1v) is 8.32. The van der Waals surface area contributed by atoms with Crippen molar-refractivity contribution in [1.82, 2.24) is 10.2 Å². The summed E-state index contributed by atoms with van der Waals surface area (Å²) in [5, 5.41) is 16.9. The molecule has 0 unspecified atom stereocenters. The van der Waals surface area contributed by atoms with E-state index in [1.807, 2.05) is 18.2 Å². The van der Waals surface area contributed by atoms with Crippen molar-refractivity contribution in [2.24, 2.45) is 5.73 Å². The largest absolute Gasteiger partial charge is 0.369 e. The van der Waals surface area contributed by atoms with E-state index in [9.17, 15) is 4.79 Å². The number of rotatable bonds is 6. The van der Waals surface area contributed by atoms with Gasteiger partial charge in [-0.3, -0.25) is 4.79 Å². The molecule has 1 amide bonds. The van der Waals surface area contributed by atoms with Crippen LogP contribution in [0.15, 0.2) is 32.9 Å². The number of carbonyl (C=O) groups excluding carboxylic acids is 1. The second-order valence-electron chi connectivity index (χ2n) is 3.69. The van der Waals surface area contributed by atoms with E-state index < -0.39 is 0 Å². The summed E-state index contributed by atoms with van der Waals surface area (Å²) < 4.78 is 1.57. The second-order valence-corrected chi connectivity index (χ2v) is 7.11. The molecule has 0 saturated carbocycles. The van der Waals surface area contributed by atoms with E-state index in [1.165, 1.54) is 23.1 Å². The molecule has 0 saturated heterocycles. The highest BCUT2D eigenvalue weighted by Crippen LogP contribution is 2.30. The highest BCUT2D eigenvalue weighted by atomic mass is 32.2. The molecule has 0 atom stereocenters. The maximum absolute atomic E-state index is 10.7. The molecule has 1 heterocycles. The number of carbonyl (C=O) groups is 1. The van der Waals surface area contributed by atoms with Gasteiger partial charge in [-0.25, -0.2) is 0 Å². The summed E-state index contributed by atoms with van der Waals surface area (Å²) in [4.78, 5) is 10.7. The fourth-order valence-electron chi connectivity index (χ4n) is 1.32. The minimum Gasteiger partial charge on any atom is -0.369 e. The summed E-state index contributed by atoms with van der Waals surface area (Å²) in [5.74, 6) is 0.571. The lowest BCUT2D eigenvalue weighted by Crippen LogP contribution is -2.12. The molecule has 1 aromatic carbocycles. The Morgan fingerprint density at radius 1 is 1.35 bits per heavy atom. The lowest BCUT2D eigenvalue weighted by Gasteiger charge is -1.98. The molecule has 0 aliphatic rings. The minimum atomic E-state index is -0.368. The summed E-state index contributed by atoms with van der Waals surface area (Å²) in [6.45, 7) is 0. The normalized spacial score (nSPS) is 10.2. The number of nitrogens with two attached hydrogens (primary N) is 1. The molecule has 8 heteroatoms. The Balaban J connectivity index is 1.90. The SMILES string of the molecule is N#Cc1cccc(CSc2nnc(SCC(N)=O)s2)c1. The Labute approximate surface area is 128 Å². The Morgan fingerprint density at radius 3 is 2.80 bits per heavy atom. The van der Waals surface area contributed by atoms with Gasteiger partial charge in [0, 0.05) is 5.75 Å². The number of nitriles is 1. The van der Waals surface area contributed by atoms with Gasteiger partial charge < -0.3 is 5.73 Å². The standard InChI is InChI=1S/C12H10N4OS3/c13-5-8-2-1-3-9(4-8)6-18-11-15-16-12(20-11)19-7-10(14)17/h1-4H,6-7H2,(H2,14,17). The maximum Gasteiger partial charge on any atom is 0.227 e. The van der Waals surface area contributed by atoms with Crippen LogP contribution in [0.3, 0.4) is 0 Å². The number of thioether (sulfide) groups is 2. The van der Waals surface area contributed by atoms with Crippen molar-refractivity contribution in [1.29, 1.82) is 5.26 Å². The fourth-order valence-corrected chi connectivity index (χ4v) is 4.02. The van der Waals surface area contributed by atoms with Crippen molar-refractivity contribution < 1.29 is 4.79 Å². The summed E-state index contributed by atoms with van der Waals surface area (Å²) in [6, 6.07) is 9.58. The lowest BCUT2D eigenvalue weighted by molar-refractivity contribution is -0.115. The molecule has 0 aliphatic carbocycles. The second kappa shape index (κ2) is 7.28. The van der Waals surface area contributed by atoms with E-state index in [1.54, 1.807) is 17.8 Å². The van der Waals surface area contributed by atoms with Gasteiger partial charge in [-0.15, -0.1) is 10.2 Å². The van der Waals surface area contributed by atoms with Crippen LogP contribution in [0.4, 0.5) is 0 Å². The van der Waals surface area contributed by atoms with Crippen LogP contribution in [0.5, 0.6) is 0 Å². The molecule has 20 heavy (non-hydrogen) atoms. The molecule has 0 spiro atoms. The van der Waals surface area contributed by atoms with Crippen LogP contribution in [-0.2, 0) is 10.5 Å². The average Bonchev–Trinajstić information content (AvgIpc) is 2.91. The molecule has 1 aromatic heterocycles. The van der Waals surface area contributed by atoms with Gasteiger partial charge >= 0.3 is 0 Å². The number of benzene rings is 1. The first-order chi connectivity index (χ1) is 9.67. The molecular formula is C12H10N4OS3. The van der Waals surface area contributed by atoms with Crippen LogP contribution in [0.25, 0.3) is 0 Å². The number of amides is 1. The number of aromatic nitrogens is 2. The number of primary amides is 1. The minimum absolute atomic E-state index is 0.212. The van der Waals surface area contributed by atoms with Crippen LogP contribution >= 0.6 is 34.9 Å². The third-order valence-electron chi connectivity index (χ3n) is 2.14. The van der Waals surface area contributed by atoms with E-state index in [2.05, 4.69) is 16.3 Å². The van der Waals surface area contributed by atoms with Gasteiger partial charge in [0.25, 0.3) is 0 Å².